The summed E-state index contributed by atoms with van der Waals surface area (Å²) in [5.74, 6) is 0.247. The first-order valence-corrected chi connectivity index (χ1v) is 9.12. The summed E-state index contributed by atoms with van der Waals surface area (Å²) >= 11 is 5.56. The number of urea groups is 1. The van der Waals surface area contributed by atoms with Gasteiger partial charge < -0.3 is 21.1 Å². The van der Waals surface area contributed by atoms with E-state index >= 15 is 0 Å². The van der Waals surface area contributed by atoms with E-state index in [9.17, 15) is 22.8 Å². The van der Waals surface area contributed by atoms with E-state index in [4.69, 9.17) is 22.1 Å². The fraction of sp³-hybridized carbons (Fsp3) is 0.0476. The Balaban J connectivity index is 1.63. The van der Waals surface area contributed by atoms with Gasteiger partial charge in [0.25, 0.3) is 0 Å². The summed E-state index contributed by atoms with van der Waals surface area (Å²) in [6, 6.07) is 14.8. The maximum atomic E-state index is 12.9. The van der Waals surface area contributed by atoms with Crippen molar-refractivity contribution in [2.75, 3.05) is 10.6 Å². The van der Waals surface area contributed by atoms with Crippen LogP contribution in [-0.4, -0.2) is 11.9 Å². The number of primary amides is 1. The lowest BCUT2D eigenvalue weighted by Crippen LogP contribution is -2.19. The van der Waals surface area contributed by atoms with Crippen molar-refractivity contribution >= 4 is 34.9 Å². The van der Waals surface area contributed by atoms with E-state index in [1.165, 1.54) is 24.3 Å². The van der Waals surface area contributed by atoms with Crippen molar-refractivity contribution in [2.45, 2.75) is 6.18 Å². The van der Waals surface area contributed by atoms with Gasteiger partial charge in [-0.25, -0.2) is 4.79 Å². The number of rotatable bonds is 5. The Hall–Kier alpha value is -3.72. The number of hydrogen-bond donors (Lipinski definition) is 3. The number of alkyl halides is 3. The molecule has 31 heavy (non-hydrogen) atoms. The van der Waals surface area contributed by atoms with Crippen LogP contribution in [0.4, 0.5) is 29.3 Å². The maximum Gasteiger partial charge on any atom is 0.417 e. The van der Waals surface area contributed by atoms with Crippen molar-refractivity contribution in [3.05, 3.63) is 82.9 Å². The fourth-order valence-electron chi connectivity index (χ4n) is 2.57. The Kier molecular flexibility index (Phi) is 6.36. The minimum atomic E-state index is -4.64. The van der Waals surface area contributed by atoms with Gasteiger partial charge in [0.05, 0.1) is 10.6 Å². The summed E-state index contributed by atoms with van der Waals surface area (Å²) in [6.45, 7) is 0. The van der Waals surface area contributed by atoms with Gasteiger partial charge >= 0.3 is 12.2 Å². The van der Waals surface area contributed by atoms with Gasteiger partial charge in [-0.3, -0.25) is 4.79 Å². The minimum absolute atomic E-state index is 0.0662. The molecule has 0 aromatic heterocycles. The van der Waals surface area contributed by atoms with Crippen LogP contribution in [0.2, 0.25) is 5.02 Å². The number of nitrogens with one attached hydrogen (secondary N) is 2. The molecule has 0 aliphatic carbocycles. The molecule has 6 nitrogen and oxygen atoms in total. The molecule has 10 heteroatoms. The maximum absolute atomic E-state index is 12.9. The van der Waals surface area contributed by atoms with Gasteiger partial charge in [0.1, 0.15) is 11.5 Å². The molecule has 0 saturated carbocycles. The molecule has 0 spiro atoms. The van der Waals surface area contributed by atoms with E-state index in [2.05, 4.69) is 10.6 Å². The number of halogens is 4. The zero-order valence-electron chi connectivity index (χ0n) is 15.7. The Morgan fingerprint density at radius 2 is 1.52 bits per heavy atom. The second-order valence-electron chi connectivity index (χ2n) is 6.29. The third-order valence-corrected chi connectivity index (χ3v) is 4.33. The van der Waals surface area contributed by atoms with Crippen molar-refractivity contribution in [2.24, 2.45) is 5.73 Å². The predicted molar refractivity (Wildman–Crippen MR) is 111 cm³/mol. The second kappa shape index (κ2) is 8.97. The lowest BCUT2D eigenvalue weighted by Gasteiger charge is -2.12. The van der Waals surface area contributed by atoms with Crippen LogP contribution < -0.4 is 21.1 Å². The lowest BCUT2D eigenvalue weighted by atomic mass is 10.2. The Bertz CT molecular complexity index is 1120. The first-order valence-electron chi connectivity index (χ1n) is 8.74. The number of benzene rings is 3. The van der Waals surface area contributed by atoms with Crippen molar-refractivity contribution in [1.82, 2.24) is 0 Å². The van der Waals surface area contributed by atoms with E-state index in [1.54, 1.807) is 30.3 Å². The summed E-state index contributed by atoms with van der Waals surface area (Å²) in [5.41, 5.74) is 4.79. The van der Waals surface area contributed by atoms with E-state index in [-0.39, 0.29) is 5.69 Å². The molecule has 4 N–H and O–H groups in total. The first-order chi connectivity index (χ1) is 14.6. The van der Waals surface area contributed by atoms with Gasteiger partial charge in [-0.1, -0.05) is 17.7 Å². The minimum Gasteiger partial charge on any atom is -0.457 e. The van der Waals surface area contributed by atoms with Crippen LogP contribution in [0.15, 0.2) is 66.7 Å². The van der Waals surface area contributed by atoms with Crippen LogP contribution in [0.25, 0.3) is 0 Å². The Morgan fingerprint density at radius 1 is 0.871 bits per heavy atom. The highest BCUT2D eigenvalue weighted by molar-refractivity contribution is 6.31. The number of carbonyl (C=O) groups excluding carboxylic acids is 2. The second-order valence-corrected chi connectivity index (χ2v) is 6.70. The zero-order chi connectivity index (χ0) is 22.6. The molecule has 0 aliphatic rings. The van der Waals surface area contributed by atoms with Gasteiger partial charge in [-0.15, -0.1) is 0 Å². The first kappa shape index (κ1) is 22.0. The molecular formula is C21H15ClF3N3O3. The SMILES string of the molecule is NC(=O)c1cccc(Oc2ccc(NC(=O)Nc3ccc(Cl)c(C(F)(F)F)c3)cc2)c1. The van der Waals surface area contributed by atoms with Crippen LogP contribution in [0, 0.1) is 0 Å². The molecule has 0 fully saturated rings. The van der Waals surface area contributed by atoms with E-state index in [0.717, 1.165) is 12.1 Å². The molecule has 3 aromatic carbocycles. The van der Waals surface area contributed by atoms with Gasteiger partial charge in [0, 0.05) is 16.9 Å². The number of carbonyl (C=O) groups is 2. The van der Waals surface area contributed by atoms with E-state index in [0.29, 0.717) is 22.7 Å². The number of nitrogens with two attached hydrogens (primary N) is 1. The molecule has 0 atom stereocenters. The van der Waals surface area contributed by atoms with Crippen molar-refractivity contribution in [3.8, 4) is 11.5 Å². The van der Waals surface area contributed by atoms with Gasteiger partial charge in [0.15, 0.2) is 0 Å². The molecule has 160 valence electrons. The Labute approximate surface area is 179 Å². The number of anilines is 2. The van der Waals surface area contributed by atoms with Crippen LogP contribution in [0.5, 0.6) is 11.5 Å². The summed E-state index contributed by atoms with van der Waals surface area (Å²) in [6.07, 6.45) is -4.64. The van der Waals surface area contributed by atoms with Crippen LogP contribution in [0.1, 0.15) is 15.9 Å². The van der Waals surface area contributed by atoms with Crippen LogP contribution in [-0.2, 0) is 6.18 Å². The quantitative estimate of drug-likeness (QED) is 0.453. The fourth-order valence-corrected chi connectivity index (χ4v) is 2.79. The highest BCUT2D eigenvalue weighted by Gasteiger charge is 2.33. The van der Waals surface area contributed by atoms with Crippen molar-refractivity contribution in [1.29, 1.82) is 0 Å². The summed E-state index contributed by atoms with van der Waals surface area (Å²) < 4.78 is 44.4. The zero-order valence-corrected chi connectivity index (χ0v) is 16.4. The molecule has 3 amide bonds. The summed E-state index contributed by atoms with van der Waals surface area (Å²) in [5, 5.41) is 4.35. The average Bonchev–Trinajstić information content (AvgIpc) is 2.70. The third kappa shape index (κ3) is 5.89. The van der Waals surface area contributed by atoms with Crippen molar-refractivity contribution < 1.29 is 27.5 Å². The van der Waals surface area contributed by atoms with Gasteiger partial charge in [-0.05, 0) is 60.7 Å². The van der Waals surface area contributed by atoms with Gasteiger partial charge in [-0.2, -0.15) is 13.2 Å². The van der Waals surface area contributed by atoms with E-state index < -0.39 is 28.7 Å². The molecule has 0 radical (unpaired) electrons. The van der Waals surface area contributed by atoms with Gasteiger partial charge in [0.2, 0.25) is 5.91 Å². The number of hydrogen-bond acceptors (Lipinski definition) is 3. The molecule has 0 aliphatic heterocycles. The molecule has 0 heterocycles. The largest absolute Gasteiger partial charge is 0.457 e. The van der Waals surface area contributed by atoms with E-state index in [1.807, 2.05) is 0 Å². The highest BCUT2D eigenvalue weighted by atomic mass is 35.5. The molecule has 3 rings (SSSR count). The highest BCUT2D eigenvalue weighted by Crippen LogP contribution is 2.36. The van der Waals surface area contributed by atoms with Crippen LogP contribution >= 0.6 is 11.6 Å². The summed E-state index contributed by atoms with van der Waals surface area (Å²) in [7, 11) is 0. The molecule has 0 bridgehead atoms. The number of amides is 3. The molecule has 0 unspecified atom stereocenters. The van der Waals surface area contributed by atoms with Crippen LogP contribution in [0.3, 0.4) is 0 Å². The van der Waals surface area contributed by atoms with Crippen molar-refractivity contribution in [3.63, 3.8) is 0 Å². The Morgan fingerprint density at radius 3 is 2.16 bits per heavy atom. The summed E-state index contributed by atoms with van der Waals surface area (Å²) in [4.78, 5) is 23.3. The third-order valence-electron chi connectivity index (χ3n) is 4.00. The lowest BCUT2D eigenvalue weighted by molar-refractivity contribution is -0.137. The molecular weight excluding hydrogens is 435 g/mol. The smallest absolute Gasteiger partial charge is 0.417 e. The molecule has 3 aromatic rings. The predicted octanol–water partition coefficient (Wildman–Crippen LogP) is 5.89. The normalized spacial score (nSPS) is 11.0. The molecule has 0 saturated heterocycles. The average molecular weight is 450 g/mol. The number of ether oxygens (including phenoxy) is 1. The monoisotopic (exact) mass is 449 g/mol. The standard InChI is InChI=1S/C21H15ClF3N3O3/c22-18-9-6-14(11-17(18)21(23,24)25)28-20(30)27-13-4-7-15(8-5-13)31-16-3-1-2-12(10-16)19(26)29/h1-11H,(H2,26,29)(H2,27,28,30). The topological polar surface area (TPSA) is 93.5 Å².